The van der Waals surface area contributed by atoms with Gasteiger partial charge in [0, 0.05) is 52.9 Å². The molecule has 9 aromatic rings. The van der Waals surface area contributed by atoms with Crippen molar-refractivity contribution >= 4 is 43.6 Å². The fourth-order valence-electron chi connectivity index (χ4n) is 6.97. The number of ether oxygens (including phenoxy) is 1. The van der Waals surface area contributed by atoms with Gasteiger partial charge < -0.3 is 13.9 Å². The van der Waals surface area contributed by atoms with Crippen LogP contribution < -0.4 is 4.74 Å². The van der Waals surface area contributed by atoms with Crippen molar-refractivity contribution in [1.29, 1.82) is 0 Å². The molecule has 0 radical (unpaired) electrons. The van der Waals surface area contributed by atoms with Crippen LogP contribution in [0.25, 0.3) is 66.4 Å². The molecule has 7 heteroatoms. The SMILES string of the molecule is Cc1cc(-n2c3[c-]c(Oc4[c-]c5c(cc4)c4ccccc4n5-c4cc(C(C)(C)C)ccn4)ccc3c3ccccc32)ncc1-c1ccncc1.[Pt+2]. The number of nitrogens with zero attached hydrogens (tertiary/aromatic N) is 5. The van der Waals surface area contributed by atoms with Crippen molar-refractivity contribution in [1.82, 2.24) is 24.1 Å². The van der Waals surface area contributed by atoms with Crippen LogP contribution in [-0.2, 0) is 26.5 Å². The van der Waals surface area contributed by atoms with Crippen LogP contribution in [0.5, 0.6) is 11.5 Å². The Balaban J connectivity index is 0.00000374. The number of aromatic nitrogens is 5. The largest absolute Gasteiger partial charge is 2.00 e. The van der Waals surface area contributed by atoms with Gasteiger partial charge in [-0.3, -0.25) is 4.98 Å². The normalized spacial score (nSPS) is 11.8. The monoisotopic (exact) mass is 842 g/mol. The Morgan fingerprint density at radius 3 is 1.75 bits per heavy atom. The van der Waals surface area contributed by atoms with Gasteiger partial charge >= 0.3 is 21.1 Å². The summed E-state index contributed by atoms with van der Waals surface area (Å²) >= 11 is 0. The first-order valence-corrected chi connectivity index (χ1v) is 16.8. The molecule has 5 heterocycles. The molecule has 0 fully saturated rings. The standard InChI is InChI=1S/C44H33N5O.Pt/c1-28-23-42(47-27-37(28)29-17-20-45-21-18-29)48-38-11-7-5-9-33(38)35-15-13-31(25-40(35)48)50-32-14-16-36-34-10-6-8-12-39(34)49(41(36)26-32)43-24-30(19-22-46-43)44(2,3)4;/h5-24,27H,1-4H3;/q-2;+2. The zero-order valence-corrected chi connectivity index (χ0v) is 30.9. The average Bonchev–Trinajstić information content (AvgIpc) is 3.64. The van der Waals surface area contributed by atoms with Crippen molar-refractivity contribution in [3.05, 3.63) is 151 Å². The van der Waals surface area contributed by atoms with Crippen LogP contribution in [0.15, 0.2) is 128 Å². The molecule has 5 aromatic heterocycles. The first kappa shape index (κ1) is 32.6. The zero-order valence-electron chi connectivity index (χ0n) is 28.6. The minimum Gasteiger partial charge on any atom is -0.509 e. The summed E-state index contributed by atoms with van der Waals surface area (Å²) in [5.41, 5.74) is 8.43. The minimum atomic E-state index is -0.0127. The van der Waals surface area contributed by atoms with Crippen LogP contribution >= 0.6 is 0 Å². The Kier molecular flexibility index (Phi) is 8.08. The third-order valence-corrected chi connectivity index (χ3v) is 9.49. The number of hydrogen-bond donors (Lipinski definition) is 0. The maximum atomic E-state index is 6.56. The Morgan fingerprint density at radius 2 is 1.18 bits per heavy atom. The number of benzene rings is 4. The average molecular weight is 843 g/mol. The molecule has 4 aromatic carbocycles. The quantitative estimate of drug-likeness (QED) is 0.162. The molecule has 0 atom stereocenters. The third-order valence-electron chi connectivity index (χ3n) is 9.49. The van der Waals surface area contributed by atoms with E-state index in [1.54, 1.807) is 0 Å². The molecule has 6 nitrogen and oxygen atoms in total. The predicted molar refractivity (Wildman–Crippen MR) is 202 cm³/mol. The van der Waals surface area contributed by atoms with E-state index in [-0.39, 0.29) is 26.5 Å². The molecule has 51 heavy (non-hydrogen) atoms. The minimum absolute atomic E-state index is 0. The maximum absolute atomic E-state index is 6.56. The number of rotatable bonds is 5. The van der Waals surface area contributed by atoms with Crippen molar-refractivity contribution in [2.45, 2.75) is 33.1 Å². The van der Waals surface area contributed by atoms with E-state index in [9.17, 15) is 0 Å². The van der Waals surface area contributed by atoms with Gasteiger partial charge in [-0.05, 0) is 82.3 Å². The zero-order chi connectivity index (χ0) is 34.0. The van der Waals surface area contributed by atoms with Crippen LogP contribution in [0.2, 0.25) is 0 Å². The van der Waals surface area contributed by atoms with E-state index in [4.69, 9.17) is 14.7 Å². The Labute approximate surface area is 310 Å². The van der Waals surface area contributed by atoms with Gasteiger partial charge in [-0.1, -0.05) is 68.2 Å². The van der Waals surface area contributed by atoms with E-state index in [0.717, 1.165) is 71.9 Å². The van der Waals surface area contributed by atoms with Gasteiger partial charge in [-0.2, -0.15) is 12.1 Å². The second kappa shape index (κ2) is 12.6. The topological polar surface area (TPSA) is 57.8 Å². The van der Waals surface area contributed by atoms with Crippen molar-refractivity contribution in [3.8, 4) is 34.3 Å². The summed E-state index contributed by atoms with van der Waals surface area (Å²) in [7, 11) is 0. The van der Waals surface area contributed by atoms with Crippen LogP contribution in [0.3, 0.4) is 0 Å². The summed E-state index contributed by atoms with van der Waals surface area (Å²) in [6.07, 6.45) is 7.45. The maximum Gasteiger partial charge on any atom is 2.00 e. The van der Waals surface area contributed by atoms with E-state index in [0.29, 0.717) is 11.5 Å². The van der Waals surface area contributed by atoms with Gasteiger partial charge in [0.25, 0.3) is 0 Å². The van der Waals surface area contributed by atoms with Crippen LogP contribution in [0, 0.1) is 19.1 Å². The molecule has 250 valence electrons. The Bertz CT molecular complexity index is 2740. The van der Waals surface area contributed by atoms with Gasteiger partial charge in [0.15, 0.2) is 0 Å². The summed E-state index contributed by atoms with van der Waals surface area (Å²) in [6, 6.07) is 42.6. The van der Waals surface area contributed by atoms with Crippen molar-refractivity contribution in [3.63, 3.8) is 0 Å². The van der Waals surface area contributed by atoms with Gasteiger partial charge in [-0.15, -0.1) is 35.0 Å². The van der Waals surface area contributed by atoms with E-state index in [2.05, 4.69) is 133 Å². The molecule has 0 aliphatic carbocycles. The van der Waals surface area contributed by atoms with Crippen molar-refractivity contribution in [2.75, 3.05) is 0 Å². The summed E-state index contributed by atoms with van der Waals surface area (Å²) < 4.78 is 10.9. The fourth-order valence-corrected chi connectivity index (χ4v) is 6.97. The van der Waals surface area contributed by atoms with Gasteiger partial charge in [0.05, 0.1) is 0 Å². The Morgan fingerprint density at radius 1 is 0.608 bits per heavy atom. The molecule has 0 aliphatic heterocycles. The molecule has 0 spiro atoms. The molecule has 0 aliphatic rings. The second-order valence-electron chi connectivity index (χ2n) is 13.7. The number of pyridine rings is 3. The first-order chi connectivity index (χ1) is 24.3. The summed E-state index contributed by atoms with van der Waals surface area (Å²) in [4.78, 5) is 13.9. The van der Waals surface area contributed by atoms with E-state index in [1.807, 2.05) is 49.1 Å². The van der Waals surface area contributed by atoms with Crippen LogP contribution in [0.4, 0.5) is 0 Å². The second-order valence-corrected chi connectivity index (χ2v) is 13.7. The number of fused-ring (bicyclic) bond motifs is 6. The smallest absolute Gasteiger partial charge is 0.509 e. The molecule has 0 N–H and O–H groups in total. The number of hydrogen-bond acceptors (Lipinski definition) is 4. The predicted octanol–water partition coefficient (Wildman–Crippen LogP) is 10.7. The van der Waals surface area contributed by atoms with Gasteiger partial charge in [0.1, 0.15) is 11.6 Å². The molecule has 0 bridgehead atoms. The Hall–Kier alpha value is -5.58. The van der Waals surface area contributed by atoms with E-state index < -0.39 is 0 Å². The molecule has 9 rings (SSSR count). The van der Waals surface area contributed by atoms with Gasteiger partial charge in [0.2, 0.25) is 0 Å². The van der Waals surface area contributed by atoms with Crippen LogP contribution in [0.1, 0.15) is 31.9 Å². The molecular formula is C44H33N5OPt. The summed E-state index contributed by atoms with van der Waals surface area (Å²) in [6.45, 7) is 8.78. The molecule has 0 unspecified atom stereocenters. The van der Waals surface area contributed by atoms with Crippen molar-refractivity contribution < 1.29 is 25.8 Å². The summed E-state index contributed by atoms with van der Waals surface area (Å²) in [5.74, 6) is 2.87. The third kappa shape index (κ3) is 5.60. The van der Waals surface area contributed by atoms with E-state index >= 15 is 0 Å². The molecular weight excluding hydrogens is 810 g/mol. The molecule has 0 saturated carbocycles. The molecule has 0 amide bonds. The van der Waals surface area contributed by atoms with Gasteiger partial charge in [-0.25, -0.2) is 9.97 Å². The number of para-hydroxylation sites is 2. The first-order valence-electron chi connectivity index (χ1n) is 16.8. The van der Waals surface area contributed by atoms with Crippen molar-refractivity contribution in [2.24, 2.45) is 0 Å². The number of aryl methyl sites for hydroxylation is 1. The van der Waals surface area contributed by atoms with E-state index in [1.165, 1.54) is 5.56 Å². The summed E-state index contributed by atoms with van der Waals surface area (Å²) in [5, 5.41) is 4.44. The fraction of sp³-hybridized carbons (Fsp3) is 0.114. The molecule has 0 saturated heterocycles. The van der Waals surface area contributed by atoms with Crippen LogP contribution in [-0.4, -0.2) is 24.1 Å².